The van der Waals surface area contributed by atoms with Crippen molar-refractivity contribution >= 4 is 21.9 Å². The van der Waals surface area contributed by atoms with Crippen LogP contribution in [-0.2, 0) is 24.3 Å². The molecule has 1 heterocycles. The molecule has 0 radical (unpaired) electrons. The minimum Gasteiger partial charge on any atom is -0.454 e. The number of sulfonamides is 1. The Kier molecular flexibility index (Phi) is 6.52. The van der Waals surface area contributed by atoms with E-state index in [2.05, 4.69) is 5.32 Å². The van der Waals surface area contributed by atoms with Crippen molar-refractivity contribution in [3.05, 3.63) is 29.3 Å². The van der Waals surface area contributed by atoms with E-state index >= 15 is 0 Å². The lowest BCUT2D eigenvalue weighted by atomic mass is 10.1. The number of benzene rings is 1. The van der Waals surface area contributed by atoms with Crippen LogP contribution in [-0.4, -0.2) is 60.5 Å². The van der Waals surface area contributed by atoms with Gasteiger partial charge in [-0.1, -0.05) is 6.07 Å². The van der Waals surface area contributed by atoms with Crippen molar-refractivity contribution in [1.29, 1.82) is 0 Å². The molecular formula is C19H28N2O6S. The molecule has 156 valence electrons. The highest BCUT2D eigenvalue weighted by molar-refractivity contribution is 7.89. The van der Waals surface area contributed by atoms with Gasteiger partial charge in [-0.2, -0.15) is 4.31 Å². The summed E-state index contributed by atoms with van der Waals surface area (Å²) in [5, 5.41) is 12.6. The minimum absolute atomic E-state index is 0.0491. The normalized spacial score (nSPS) is 20.8. The summed E-state index contributed by atoms with van der Waals surface area (Å²) in [6.07, 6.45) is -1.06. The average molecular weight is 413 g/mol. The maximum Gasteiger partial charge on any atom is 0.325 e. The van der Waals surface area contributed by atoms with Crippen LogP contribution in [0.25, 0.3) is 0 Å². The number of amides is 1. The number of nitrogens with one attached hydrogen (secondary N) is 1. The fourth-order valence-electron chi connectivity index (χ4n) is 2.96. The van der Waals surface area contributed by atoms with E-state index in [4.69, 9.17) is 4.74 Å². The standard InChI is InChI=1S/C19H28N2O6S/c1-12-6-7-15(8-13(12)2)28(25,26)21-10-14(22)9-16(21)18(24)27-11-17(23)20-19(3,4)5/h6-8,14,16,22H,9-11H2,1-5H3,(H,20,23)/t14?,16-/m0/s1. The number of nitrogens with zero attached hydrogens (tertiary/aromatic N) is 1. The number of aryl methyl sites for hydroxylation is 2. The molecule has 1 aliphatic rings. The largest absolute Gasteiger partial charge is 0.454 e. The summed E-state index contributed by atoms with van der Waals surface area (Å²) in [6.45, 7) is 8.32. The zero-order valence-corrected chi connectivity index (χ0v) is 17.7. The number of esters is 1. The van der Waals surface area contributed by atoms with Gasteiger partial charge < -0.3 is 15.2 Å². The van der Waals surface area contributed by atoms with E-state index in [0.29, 0.717) is 0 Å². The number of β-amino-alcohol motifs (C(OH)–C–C–N with tert-alkyl or cyclic N) is 1. The molecule has 1 aromatic rings. The van der Waals surface area contributed by atoms with Crippen molar-refractivity contribution in [3.8, 4) is 0 Å². The van der Waals surface area contributed by atoms with E-state index in [9.17, 15) is 23.1 Å². The summed E-state index contributed by atoms with van der Waals surface area (Å²) in [5.41, 5.74) is 1.27. The third kappa shape index (κ3) is 5.30. The second kappa shape index (κ2) is 8.18. The quantitative estimate of drug-likeness (QED) is 0.695. The summed E-state index contributed by atoms with van der Waals surface area (Å²) in [4.78, 5) is 24.3. The van der Waals surface area contributed by atoms with E-state index in [1.54, 1.807) is 33.8 Å². The molecule has 0 aliphatic carbocycles. The van der Waals surface area contributed by atoms with Crippen LogP contribution in [0.15, 0.2) is 23.1 Å². The molecule has 0 saturated carbocycles. The van der Waals surface area contributed by atoms with Crippen LogP contribution in [0, 0.1) is 13.8 Å². The predicted molar refractivity (Wildman–Crippen MR) is 103 cm³/mol. The zero-order chi connectivity index (χ0) is 21.3. The smallest absolute Gasteiger partial charge is 0.325 e. The van der Waals surface area contributed by atoms with Gasteiger partial charge in [-0.05, 0) is 57.9 Å². The van der Waals surface area contributed by atoms with Gasteiger partial charge in [-0.15, -0.1) is 0 Å². The molecule has 28 heavy (non-hydrogen) atoms. The maximum atomic E-state index is 13.0. The third-order valence-electron chi connectivity index (χ3n) is 4.45. The van der Waals surface area contributed by atoms with Crippen LogP contribution in [0.4, 0.5) is 0 Å². The van der Waals surface area contributed by atoms with Crippen LogP contribution in [0.3, 0.4) is 0 Å². The van der Waals surface area contributed by atoms with Gasteiger partial charge in [-0.25, -0.2) is 8.42 Å². The lowest BCUT2D eigenvalue weighted by Crippen LogP contribution is -2.45. The number of aliphatic hydroxyl groups excluding tert-OH is 1. The van der Waals surface area contributed by atoms with Crippen LogP contribution in [0.5, 0.6) is 0 Å². The minimum atomic E-state index is -4.00. The lowest BCUT2D eigenvalue weighted by molar-refractivity contribution is -0.152. The predicted octanol–water partition coefficient (Wildman–Crippen LogP) is 0.885. The van der Waals surface area contributed by atoms with Gasteiger partial charge in [0.15, 0.2) is 6.61 Å². The number of carbonyl (C=O) groups is 2. The molecule has 0 aromatic heterocycles. The molecule has 1 aromatic carbocycles. The Morgan fingerprint density at radius 3 is 2.46 bits per heavy atom. The van der Waals surface area contributed by atoms with E-state index < -0.39 is 46.2 Å². The summed E-state index contributed by atoms with van der Waals surface area (Å²) < 4.78 is 32.0. The van der Waals surface area contributed by atoms with Gasteiger partial charge in [0.1, 0.15) is 6.04 Å². The Balaban J connectivity index is 2.16. The Morgan fingerprint density at radius 1 is 1.25 bits per heavy atom. The number of rotatable bonds is 5. The fraction of sp³-hybridized carbons (Fsp3) is 0.579. The Labute approximate surface area is 165 Å². The molecule has 2 atom stereocenters. The first-order chi connectivity index (χ1) is 12.8. The van der Waals surface area contributed by atoms with E-state index in [1.165, 1.54) is 12.1 Å². The summed E-state index contributed by atoms with van der Waals surface area (Å²) in [5.74, 6) is -1.34. The lowest BCUT2D eigenvalue weighted by Gasteiger charge is -2.23. The van der Waals surface area contributed by atoms with Gasteiger partial charge >= 0.3 is 5.97 Å². The Morgan fingerprint density at radius 2 is 1.89 bits per heavy atom. The van der Waals surface area contributed by atoms with E-state index in [0.717, 1.165) is 15.4 Å². The molecule has 2 rings (SSSR count). The number of carbonyl (C=O) groups excluding carboxylic acids is 2. The van der Waals surface area contributed by atoms with Crippen molar-refractivity contribution < 1.29 is 27.9 Å². The van der Waals surface area contributed by atoms with Crippen molar-refractivity contribution in [3.63, 3.8) is 0 Å². The van der Waals surface area contributed by atoms with Crippen LogP contribution >= 0.6 is 0 Å². The van der Waals surface area contributed by atoms with Crippen molar-refractivity contribution in [2.75, 3.05) is 13.2 Å². The second-order valence-corrected chi connectivity index (χ2v) is 10.0. The molecule has 0 bridgehead atoms. The van der Waals surface area contributed by atoms with Gasteiger partial charge in [0.2, 0.25) is 10.0 Å². The molecule has 0 spiro atoms. The van der Waals surface area contributed by atoms with Crippen molar-refractivity contribution in [2.45, 2.75) is 63.6 Å². The molecule has 1 amide bonds. The van der Waals surface area contributed by atoms with Crippen LogP contribution < -0.4 is 5.32 Å². The topological polar surface area (TPSA) is 113 Å². The number of aliphatic hydroxyl groups is 1. The molecule has 8 nitrogen and oxygen atoms in total. The van der Waals surface area contributed by atoms with Crippen LogP contribution in [0.2, 0.25) is 0 Å². The maximum absolute atomic E-state index is 13.0. The zero-order valence-electron chi connectivity index (χ0n) is 16.9. The molecule has 1 aliphatic heterocycles. The molecule has 2 N–H and O–H groups in total. The summed E-state index contributed by atoms with van der Waals surface area (Å²) in [7, 11) is -4.00. The molecule has 1 saturated heterocycles. The highest BCUT2D eigenvalue weighted by Crippen LogP contribution is 2.28. The van der Waals surface area contributed by atoms with Gasteiger partial charge in [0.25, 0.3) is 5.91 Å². The molecular weight excluding hydrogens is 384 g/mol. The fourth-order valence-corrected chi connectivity index (χ4v) is 4.67. The summed E-state index contributed by atoms with van der Waals surface area (Å²) >= 11 is 0. The first-order valence-electron chi connectivity index (χ1n) is 9.06. The average Bonchev–Trinajstić information content (AvgIpc) is 2.96. The first kappa shape index (κ1) is 22.3. The Hall–Kier alpha value is -1.97. The number of ether oxygens (including phenoxy) is 1. The highest BCUT2D eigenvalue weighted by atomic mass is 32.2. The van der Waals surface area contributed by atoms with Crippen molar-refractivity contribution in [1.82, 2.24) is 9.62 Å². The third-order valence-corrected chi connectivity index (χ3v) is 6.32. The van der Waals surface area contributed by atoms with Gasteiger partial charge in [0.05, 0.1) is 11.0 Å². The van der Waals surface area contributed by atoms with Gasteiger partial charge in [0, 0.05) is 18.5 Å². The molecule has 1 fully saturated rings. The van der Waals surface area contributed by atoms with E-state index in [-0.39, 0.29) is 17.9 Å². The second-order valence-electron chi connectivity index (χ2n) is 8.13. The van der Waals surface area contributed by atoms with Crippen molar-refractivity contribution in [2.24, 2.45) is 0 Å². The Bertz CT molecular complexity index is 860. The first-order valence-corrected chi connectivity index (χ1v) is 10.5. The number of hydrogen-bond donors (Lipinski definition) is 2. The van der Waals surface area contributed by atoms with E-state index in [1.807, 2.05) is 6.92 Å². The molecule has 9 heteroatoms. The van der Waals surface area contributed by atoms with Gasteiger partial charge in [-0.3, -0.25) is 9.59 Å². The van der Waals surface area contributed by atoms with Crippen LogP contribution in [0.1, 0.15) is 38.3 Å². The highest BCUT2D eigenvalue weighted by Gasteiger charge is 2.44. The molecule has 1 unspecified atom stereocenters. The SMILES string of the molecule is Cc1ccc(S(=O)(=O)N2CC(O)C[C@H]2C(=O)OCC(=O)NC(C)(C)C)cc1C. The summed E-state index contributed by atoms with van der Waals surface area (Å²) in [6, 6.07) is 3.53. The number of hydrogen-bond acceptors (Lipinski definition) is 6. The monoisotopic (exact) mass is 412 g/mol.